The highest BCUT2D eigenvalue weighted by Crippen LogP contribution is 2.12. The average molecular weight is 143 g/mol. The summed E-state index contributed by atoms with van der Waals surface area (Å²) >= 11 is 0. The van der Waals surface area contributed by atoms with Gasteiger partial charge in [-0.25, -0.2) is 0 Å². The van der Waals surface area contributed by atoms with Crippen LogP contribution in [0.5, 0.6) is 0 Å². The fourth-order valence-corrected chi connectivity index (χ4v) is 1.26. The first kappa shape index (κ1) is 8.02. The second-order valence-electron chi connectivity index (χ2n) is 3.29. The molecule has 3 unspecified atom stereocenters. The normalized spacial score (nSPS) is 49.2. The van der Waals surface area contributed by atoms with Gasteiger partial charge in [-0.05, 0) is 27.7 Å². The fourth-order valence-electron chi connectivity index (χ4n) is 1.26. The Hall–Kier alpha value is -0.0800. The summed E-state index contributed by atoms with van der Waals surface area (Å²) in [5.74, 6) is 0. The zero-order chi connectivity index (χ0) is 7.72. The highest BCUT2D eigenvalue weighted by Gasteiger charge is 2.26. The van der Waals surface area contributed by atoms with Crippen molar-refractivity contribution >= 4 is 0 Å². The van der Waals surface area contributed by atoms with Gasteiger partial charge in [-0.2, -0.15) is 0 Å². The van der Waals surface area contributed by atoms with E-state index in [0.29, 0.717) is 24.3 Å². The second kappa shape index (κ2) is 2.89. The van der Waals surface area contributed by atoms with Crippen molar-refractivity contribution in [3.63, 3.8) is 0 Å². The van der Waals surface area contributed by atoms with Crippen molar-refractivity contribution in [2.24, 2.45) is 0 Å². The molecule has 4 atom stereocenters. The van der Waals surface area contributed by atoms with E-state index in [2.05, 4.69) is 33.0 Å². The Kier molecular flexibility index (Phi) is 2.32. The van der Waals surface area contributed by atoms with Crippen LogP contribution in [0.1, 0.15) is 27.7 Å². The number of nitrogens with one attached hydrogen (secondary N) is 1. The number of morpholine rings is 1. The van der Waals surface area contributed by atoms with E-state index in [1.54, 1.807) is 0 Å². The SMILES string of the molecule is CC1N[C@@H](C)C(C)OC1C. The summed E-state index contributed by atoms with van der Waals surface area (Å²) in [4.78, 5) is 0. The molecule has 1 saturated heterocycles. The summed E-state index contributed by atoms with van der Waals surface area (Å²) in [6, 6.07) is 0.984. The molecule has 0 radical (unpaired) electrons. The van der Waals surface area contributed by atoms with Crippen molar-refractivity contribution in [1.29, 1.82) is 0 Å². The Morgan fingerprint density at radius 2 is 1.30 bits per heavy atom. The standard InChI is InChI=1S/C8H17NO/c1-5-7(3)10-8(4)6(2)9-5/h5-9H,1-4H3/t5-,6?,7?,8?/m0/s1. The Morgan fingerprint density at radius 3 is 1.60 bits per heavy atom. The van der Waals surface area contributed by atoms with Gasteiger partial charge >= 0.3 is 0 Å². The molecule has 0 aromatic rings. The molecule has 1 N–H and O–H groups in total. The van der Waals surface area contributed by atoms with Crippen LogP contribution in [0.4, 0.5) is 0 Å². The van der Waals surface area contributed by atoms with Crippen molar-refractivity contribution < 1.29 is 4.74 Å². The summed E-state index contributed by atoms with van der Waals surface area (Å²) in [5, 5.41) is 3.45. The van der Waals surface area contributed by atoms with Gasteiger partial charge in [0.05, 0.1) is 12.2 Å². The number of ether oxygens (including phenoxy) is 1. The van der Waals surface area contributed by atoms with Gasteiger partial charge in [0.1, 0.15) is 0 Å². The molecule has 10 heavy (non-hydrogen) atoms. The number of hydrogen-bond acceptors (Lipinski definition) is 2. The first-order valence-electron chi connectivity index (χ1n) is 4.02. The molecule has 1 rings (SSSR count). The van der Waals surface area contributed by atoms with Crippen LogP contribution in [0.2, 0.25) is 0 Å². The molecular weight excluding hydrogens is 126 g/mol. The van der Waals surface area contributed by atoms with E-state index in [1.807, 2.05) is 0 Å². The molecule has 1 aliphatic rings. The molecule has 0 saturated carbocycles. The van der Waals surface area contributed by atoms with Crippen LogP contribution in [0.3, 0.4) is 0 Å². The minimum absolute atomic E-state index is 0.353. The zero-order valence-electron chi connectivity index (χ0n) is 7.22. The molecule has 0 aromatic carbocycles. The Morgan fingerprint density at radius 1 is 0.900 bits per heavy atom. The Balaban J connectivity index is 2.46. The van der Waals surface area contributed by atoms with E-state index >= 15 is 0 Å². The number of rotatable bonds is 0. The predicted octanol–water partition coefficient (Wildman–Crippen LogP) is 1.16. The lowest BCUT2D eigenvalue weighted by Gasteiger charge is -2.37. The number of hydrogen-bond donors (Lipinski definition) is 1. The van der Waals surface area contributed by atoms with E-state index in [9.17, 15) is 0 Å². The van der Waals surface area contributed by atoms with Crippen LogP contribution in [-0.4, -0.2) is 24.3 Å². The van der Waals surface area contributed by atoms with Gasteiger partial charge in [-0.15, -0.1) is 0 Å². The maximum Gasteiger partial charge on any atom is 0.0701 e. The summed E-state index contributed by atoms with van der Waals surface area (Å²) in [6.45, 7) is 8.54. The van der Waals surface area contributed by atoms with Gasteiger partial charge in [-0.3, -0.25) is 0 Å². The lowest BCUT2D eigenvalue weighted by atomic mass is 10.1. The zero-order valence-corrected chi connectivity index (χ0v) is 7.22. The van der Waals surface area contributed by atoms with Crippen LogP contribution in [0.15, 0.2) is 0 Å². The van der Waals surface area contributed by atoms with Crippen molar-refractivity contribution in [1.82, 2.24) is 5.32 Å². The lowest BCUT2D eigenvalue weighted by molar-refractivity contribution is -0.0620. The van der Waals surface area contributed by atoms with Crippen LogP contribution in [0, 0.1) is 0 Å². The molecule has 0 aromatic heterocycles. The summed E-state index contributed by atoms with van der Waals surface area (Å²) in [6.07, 6.45) is 0.706. The van der Waals surface area contributed by atoms with Gasteiger partial charge in [-0.1, -0.05) is 0 Å². The van der Waals surface area contributed by atoms with Crippen molar-refractivity contribution in [2.45, 2.75) is 52.0 Å². The van der Waals surface area contributed by atoms with Crippen LogP contribution < -0.4 is 5.32 Å². The van der Waals surface area contributed by atoms with Crippen molar-refractivity contribution in [2.75, 3.05) is 0 Å². The maximum absolute atomic E-state index is 5.65. The van der Waals surface area contributed by atoms with Gasteiger partial charge < -0.3 is 10.1 Å². The van der Waals surface area contributed by atoms with Gasteiger partial charge in [0.25, 0.3) is 0 Å². The molecule has 1 aliphatic heterocycles. The van der Waals surface area contributed by atoms with Gasteiger partial charge in [0, 0.05) is 12.1 Å². The molecule has 2 heteroatoms. The predicted molar refractivity (Wildman–Crippen MR) is 42.1 cm³/mol. The smallest absolute Gasteiger partial charge is 0.0701 e. The maximum atomic E-state index is 5.65. The fraction of sp³-hybridized carbons (Fsp3) is 1.00. The van der Waals surface area contributed by atoms with Crippen LogP contribution >= 0.6 is 0 Å². The van der Waals surface area contributed by atoms with E-state index in [4.69, 9.17) is 4.74 Å². The molecule has 2 nitrogen and oxygen atoms in total. The largest absolute Gasteiger partial charge is 0.372 e. The molecular formula is C8H17NO. The summed E-state index contributed by atoms with van der Waals surface area (Å²) < 4.78 is 5.65. The molecule has 0 bridgehead atoms. The Labute approximate surface area is 63.0 Å². The van der Waals surface area contributed by atoms with E-state index in [0.717, 1.165) is 0 Å². The quantitative estimate of drug-likeness (QED) is 0.549. The second-order valence-corrected chi connectivity index (χ2v) is 3.29. The molecule has 0 aliphatic carbocycles. The topological polar surface area (TPSA) is 21.3 Å². The van der Waals surface area contributed by atoms with Crippen molar-refractivity contribution in [3.8, 4) is 0 Å². The molecule has 0 amide bonds. The van der Waals surface area contributed by atoms with E-state index < -0.39 is 0 Å². The summed E-state index contributed by atoms with van der Waals surface area (Å²) in [7, 11) is 0. The minimum atomic E-state index is 0.353. The third-order valence-corrected chi connectivity index (χ3v) is 2.36. The van der Waals surface area contributed by atoms with Crippen LogP contribution in [0.25, 0.3) is 0 Å². The highest BCUT2D eigenvalue weighted by atomic mass is 16.5. The van der Waals surface area contributed by atoms with E-state index in [1.165, 1.54) is 0 Å². The van der Waals surface area contributed by atoms with Crippen molar-refractivity contribution in [3.05, 3.63) is 0 Å². The molecule has 0 spiro atoms. The highest BCUT2D eigenvalue weighted by molar-refractivity contribution is 4.82. The average Bonchev–Trinajstić information content (AvgIpc) is 1.84. The Bertz CT molecular complexity index is 89.8. The first-order chi connectivity index (χ1) is 4.61. The lowest BCUT2D eigenvalue weighted by Crippen LogP contribution is -2.54. The minimum Gasteiger partial charge on any atom is -0.372 e. The third-order valence-electron chi connectivity index (χ3n) is 2.36. The molecule has 1 heterocycles. The third kappa shape index (κ3) is 1.50. The van der Waals surface area contributed by atoms with Gasteiger partial charge in [0.2, 0.25) is 0 Å². The monoisotopic (exact) mass is 143 g/mol. The van der Waals surface area contributed by atoms with E-state index in [-0.39, 0.29) is 0 Å². The molecule has 60 valence electrons. The van der Waals surface area contributed by atoms with Gasteiger partial charge in [0.15, 0.2) is 0 Å². The first-order valence-corrected chi connectivity index (χ1v) is 4.02. The van der Waals surface area contributed by atoms with Crippen LogP contribution in [-0.2, 0) is 4.74 Å². The molecule has 1 fully saturated rings. The summed E-state index contributed by atoms with van der Waals surface area (Å²) in [5.41, 5.74) is 0.